The molecule has 0 aromatic rings. The van der Waals surface area contributed by atoms with Crippen molar-refractivity contribution in [2.75, 3.05) is 13.1 Å². The molecule has 2 heteroatoms. The van der Waals surface area contributed by atoms with Gasteiger partial charge in [-0.2, -0.15) is 0 Å². The highest BCUT2D eigenvalue weighted by atomic mass is 16.2. The molecule has 1 amide bonds. The van der Waals surface area contributed by atoms with Crippen LogP contribution in [0.4, 0.5) is 0 Å². The maximum absolute atomic E-state index is 11.8. The average molecular weight is 207 g/mol. The Balaban J connectivity index is 2.41. The van der Waals surface area contributed by atoms with Crippen LogP contribution >= 0.6 is 0 Å². The van der Waals surface area contributed by atoms with Gasteiger partial charge in [-0.3, -0.25) is 4.79 Å². The second-order valence-electron chi connectivity index (χ2n) is 4.19. The molecule has 84 valence electrons. The lowest BCUT2D eigenvalue weighted by Crippen LogP contribution is -2.33. The first kappa shape index (κ1) is 12.0. The third-order valence-corrected chi connectivity index (χ3v) is 2.88. The van der Waals surface area contributed by atoms with Gasteiger partial charge in [-0.15, -0.1) is 0 Å². The second kappa shape index (κ2) is 6.44. The van der Waals surface area contributed by atoms with Crippen LogP contribution in [0.3, 0.4) is 0 Å². The zero-order valence-corrected chi connectivity index (χ0v) is 9.50. The average Bonchev–Trinajstić information content (AvgIpc) is 2.16. The number of amides is 1. The van der Waals surface area contributed by atoms with Crippen molar-refractivity contribution in [3.63, 3.8) is 0 Å². The minimum absolute atomic E-state index is 0.210. The van der Waals surface area contributed by atoms with Gasteiger partial charge in [-0.25, -0.2) is 0 Å². The molecule has 0 bridgehead atoms. The van der Waals surface area contributed by atoms with Crippen LogP contribution in [0.1, 0.15) is 38.5 Å². The minimum Gasteiger partial charge on any atom is -0.342 e. The third kappa shape index (κ3) is 4.32. The minimum atomic E-state index is 0.210. The largest absolute Gasteiger partial charge is 0.342 e. The molecular formula is C13H21NO. The van der Waals surface area contributed by atoms with E-state index in [0.717, 1.165) is 31.5 Å². The highest BCUT2D eigenvalue weighted by Crippen LogP contribution is 2.12. The number of hydrogen-bond acceptors (Lipinski definition) is 1. The molecular weight excluding hydrogens is 186 g/mol. The molecule has 1 rings (SSSR count). The van der Waals surface area contributed by atoms with Crippen LogP contribution in [-0.4, -0.2) is 23.9 Å². The number of carbonyl (C=O) groups is 1. The second-order valence-corrected chi connectivity index (χ2v) is 4.19. The zero-order valence-electron chi connectivity index (χ0n) is 9.50. The number of allylic oxidation sites excluding steroid dienone is 1. The molecule has 15 heavy (non-hydrogen) atoms. The van der Waals surface area contributed by atoms with Gasteiger partial charge in [0.05, 0.1) is 6.42 Å². The molecule has 0 aromatic heterocycles. The SMILES string of the molecule is C=CC(=C)CC(=O)N1CCCCCCC1. The molecule has 0 N–H and O–H groups in total. The lowest BCUT2D eigenvalue weighted by molar-refractivity contribution is -0.130. The van der Waals surface area contributed by atoms with Crippen LogP contribution in [0, 0.1) is 0 Å². The summed E-state index contributed by atoms with van der Waals surface area (Å²) in [6, 6.07) is 0. The van der Waals surface area contributed by atoms with E-state index in [4.69, 9.17) is 0 Å². The molecule has 0 atom stereocenters. The number of carbonyl (C=O) groups excluding carboxylic acids is 1. The Morgan fingerprint density at radius 1 is 1.13 bits per heavy atom. The summed E-state index contributed by atoms with van der Waals surface area (Å²) in [5.74, 6) is 0.210. The summed E-state index contributed by atoms with van der Waals surface area (Å²) in [5, 5.41) is 0. The molecule has 0 unspecified atom stereocenters. The highest BCUT2D eigenvalue weighted by molar-refractivity contribution is 5.79. The van der Waals surface area contributed by atoms with E-state index in [1.54, 1.807) is 6.08 Å². The lowest BCUT2D eigenvalue weighted by Gasteiger charge is -2.24. The molecule has 0 radical (unpaired) electrons. The van der Waals surface area contributed by atoms with E-state index in [1.807, 2.05) is 4.90 Å². The van der Waals surface area contributed by atoms with E-state index in [1.165, 1.54) is 19.3 Å². The number of likely N-dealkylation sites (tertiary alicyclic amines) is 1. The van der Waals surface area contributed by atoms with Crippen molar-refractivity contribution in [3.05, 3.63) is 24.8 Å². The summed E-state index contributed by atoms with van der Waals surface area (Å²) >= 11 is 0. The van der Waals surface area contributed by atoms with Gasteiger partial charge in [0, 0.05) is 13.1 Å². The van der Waals surface area contributed by atoms with Gasteiger partial charge < -0.3 is 4.90 Å². The summed E-state index contributed by atoms with van der Waals surface area (Å²) in [5.41, 5.74) is 0.821. The summed E-state index contributed by atoms with van der Waals surface area (Å²) in [6.07, 6.45) is 8.23. The van der Waals surface area contributed by atoms with Crippen LogP contribution in [0.25, 0.3) is 0 Å². The van der Waals surface area contributed by atoms with Gasteiger partial charge in [0.15, 0.2) is 0 Å². The van der Waals surface area contributed by atoms with Crippen molar-refractivity contribution in [2.45, 2.75) is 38.5 Å². The summed E-state index contributed by atoms with van der Waals surface area (Å²) in [6.45, 7) is 9.25. The first-order chi connectivity index (χ1) is 7.24. The Morgan fingerprint density at radius 3 is 2.20 bits per heavy atom. The van der Waals surface area contributed by atoms with Crippen molar-refractivity contribution in [2.24, 2.45) is 0 Å². The van der Waals surface area contributed by atoms with Gasteiger partial charge >= 0.3 is 0 Å². The van der Waals surface area contributed by atoms with Gasteiger partial charge in [0.2, 0.25) is 5.91 Å². The highest BCUT2D eigenvalue weighted by Gasteiger charge is 2.14. The summed E-state index contributed by atoms with van der Waals surface area (Å²) in [7, 11) is 0. The molecule has 0 aliphatic carbocycles. The monoisotopic (exact) mass is 207 g/mol. The van der Waals surface area contributed by atoms with Gasteiger partial charge in [-0.1, -0.05) is 38.5 Å². The maximum Gasteiger partial charge on any atom is 0.226 e. The van der Waals surface area contributed by atoms with E-state index in [0.29, 0.717) is 6.42 Å². The van der Waals surface area contributed by atoms with E-state index in [-0.39, 0.29) is 5.91 Å². The Bertz CT molecular complexity index is 237. The van der Waals surface area contributed by atoms with Crippen LogP contribution < -0.4 is 0 Å². The van der Waals surface area contributed by atoms with E-state index >= 15 is 0 Å². The van der Waals surface area contributed by atoms with Crippen molar-refractivity contribution in [1.82, 2.24) is 4.90 Å². The summed E-state index contributed by atoms with van der Waals surface area (Å²) in [4.78, 5) is 13.8. The van der Waals surface area contributed by atoms with Crippen molar-refractivity contribution < 1.29 is 4.79 Å². The Morgan fingerprint density at radius 2 is 1.67 bits per heavy atom. The Labute approximate surface area is 92.7 Å². The molecule has 1 aliphatic heterocycles. The van der Waals surface area contributed by atoms with E-state index < -0.39 is 0 Å². The number of rotatable bonds is 3. The molecule has 2 nitrogen and oxygen atoms in total. The first-order valence-electron chi connectivity index (χ1n) is 5.82. The van der Waals surface area contributed by atoms with Crippen molar-refractivity contribution in [1.29, 1.82) is 0 Å². The fraction of sp³-hybridized carbons (Fsp3) is 0.615. The first-order valence-corrected chi connectivity index (χ1v) is 5.82. The molecule has 0 saturated carbocycles. The molecule has 1 fully saturated rings. The number of hydrogen-bond donors (Lipinski definition) is 0. The summed E-state index contributed by atoms with van der Waals surface area (Å²) < 4.78 is 0. The topological polar surface area (TPSA) is 20.3 Å². The van der Waals surface area contributed by atoms with Crippen LogP contribution in [-0.2, 0) is 4.79 Å². The smallest absolute Gasteiger partial charge is 0.226 e. The molecule has 1 saturated heterocycles. The predicted molar refractivity (Wildman–Crippen MR) is 63.6 cm³/mol. The van der Waals surface area contributed by atoms with Crippen LogP contribution in [0.15, 0.2) is 24.8 Å². The van der Waals surface area contributed by atoms with E-state index in [9.17, 15) is 4.79 Å². The van der Waals surface area contributed by atoms with Gasteiger partial charge in [0.1, 0.15) is 0 Å². The van der Waals surface area contributed by atoms with Crippen molar-refractivity contribution >= 4 is 5.91 Å². The van der Waals surface area contributed by atoms with Crippen molar-refractivity contribution in [3.8, 4) is 0 Å². The predicted octanol–water partition coefficient (Wildman–Crippen LogP) is 2.91. The fourth-order valence-corrected chi connectivity index (χ4v) is 1.88. The molecule has 0 spiro atoms. The van der Waals surface area contributed by atoms with Crippen LogP contribution in [0.2, 0.25) is 0 Å². The molecule has 1 aliphatic rings. The molecule has 0 aromatic carbocycles. The fourth-order valence-electron chi connectivity index (χ4n) is 1.88. The van der Waals surface area contributed by atoms with E-state index in [2.05, 4.69) is 13.2 Å². The number of nitrogens with zero attached hydrogens (tertiary/aromatic N) is 1. The lowest BCUT2D eigenvalue weighted by atomic mass is 10.1. The maximum atomic E-state index is 11.8. The van der Waals surface area contributed by atoms with Crippen LogP contribution in [0.5, 0.6) is 0 Å². The normalized spacial score (nSPS) is 17.7. The molecule has 1 heterocycles. The third-order valence-electron chi connectivity index (χ3n) is 2.88. The Hall–Kier alpha value is -1.05. The van der Waals surface area contributed by atoms with Gasteiger partial charge in [0.25, 0.3) is 0 Å². The Kier molecular flexibility index (Phi) is 5.16. The zero-order chi connectivity index (χ0) is 11.1. The standard InChI is InChI=1S/C13H21NO/c1-3-12(2)11-13(15)14-9-7-5-4-6-8-10-14/h3H,1-2,4-11H2. The quantitative estimate of drug-likeness (QED) is 0.652. The van der Waals surface area contributed by atoms with Gasteiger partial charge in [-0.05, 0) is 18.4 Å².